The summed E-state index contributed by atoms with van der Waals surface area (Å²) in [5.41, 5.74) is 5.35. The highest BCUT2D eigenvalue weighted by atomic mass is 16.5. The van der Waals surface area contributed by atoms with Gasteiger partial charge in [-0.1, -0.05) is 30.8 Å². The maximum atomic E-state index is 9.48. The van der Waals surface area contributed by atoms with E-state index in [4.69, 9.17) is 15.0 Å². The van der Waals surface area contributed by atoms with Crippen LogP contribution in [0.5, 0.6) is 0 Å². The summed E-state index contributed by atoms with van der Waals surface area (Å²) < 4.78 is 10.9. The molecule has 1 heterocycles. The van der Waals surface area contributed by atoms with Crippen LogP contribution in [-0.4, -0.2) is 28.5 Å². The van der Waals surface area contributed by atoms with Gasteiger partial charge in [0.2, 0.25) is 11.7 Å². The second kappa shape index (κ2) is 5.98. The van der Waals surface area contributed by atoms with Crippen LogP contribution in [0.4, 0.5) is 0 Å². The van der Waals surface area contributed by atoms with Gasteiger partial charge in [-0.3, -0.25) is 0 Å². The molecule has 108 valence electrons. The van der Waals surface area contributed by atoms with Crippen LogP contribution in [0.1, 0.15) is 63.2 Å². The molecule has 1 aromatic heterocycles. The first-order chi connectivity index (χ1) is 9.09. The fourth-order valence-corrected chi connectivity index (χ4v) is 2.58. The third kappa shape index (κ3) is 2.96. The molecule has 0 unspecified atom stereocenters. The van der Waals surface area contributed by atoms with Gasteiger partial charge in [-0.25, -0.2) is 0 Å². The fourth-order valence-electron chi connectivity index (χ4n) is 2.58. The summed E-state index contributed by atoms with van der Waals surface area (Å²) in [5.74, 6) is 0.827. The van der Waals surface area contributed by atoms with Crippen molar-refractivity contribution in [3.63, 3.8) is 0 Å². The molecule has 2 atom stereocenters. The molecule has 0 radical (unpaired) electrons. The zero-order chi connectivity index (χ0) is 13.9. The highest BCUT2D eigenvalue weighted by molar-refractivity contribution is 5.04. The highest BCUT2D eigenvalue weighted by Crippen LogP contribution is 2.37. The van der Waals surface area contributed by atoms with Crippen LogP contribution in [0.25, 0.3) is 0 Å². The van der Waals surface area contributed by atoms with E-state index in [1.165, 1.54) is 12.8 Å². The third-order valence-corrected chi connectivity index (χ3v) is 3.96. The lowest BCUT2D eigenvalue weighted by atomic mass is 9.93. The fraction of sp³-hybridized carbons (Fsp3) is 0.846. The Morgan fingerprint density at radius 2 is 1.95 bits per heavy atom. The molecule has 2 rings (SSSR count). The van der Waals surface area contributed by atoms with Crippen molar-refractivity contribution >= 4 is 0 Å². The second-order valence-corrected chi connectivity index (χ2v) is 5.34. The van der Waals surface area contributed by atoms with E-state index in [0.717, 1.165) is 25.7 Å². The monoisotopic (exact) mass is 269 g/mol. The van der Waals surface area contributed by atoms with Crippen LogP contribution in [0.15, 0.2) is 4.52 Å². The third-order valence-electron chi connectivity index (χ3n) is 3.96. The lowest BCUT2D eigenvalue weighted by molar-refractivity contribution is -0.0365. The van der Waals surface area contributed by atoms with Gasteiger partial charge in [0.25, 0.3) is 0 Å². The first-order valence-corrected chi connectivity index (χ1v) is 6.92. The van der Waals surface area contributed by atoms with Crippen LogP contribution < -0.4 is 5.73 Å². The Morgan fingerprint density at radius 1 is 1.32 bits per heavy atom. The number of aliphatic hydroxyl groups excluding tert-OH is 1. The SMILES string of the molecule is COC1(c2noc([C@@H](N)[C@@H](C)O)n2)CCCCCC1. The lowest BCUT2D eigenvalue weighted by Gasteiger charge is -2.27. The quantitative estimate of drug-likeness (QED) is 0.807. The number of nitrogens with two attached hydrogens (primary N) is 1. The average Bonchev–Trinajstić information content (AvgIpc) is 2.77. The number of rotatable bonds is 4. The predicted octanol–water partition coefficient (Wildman–Crippen LogP) is 1.65. The van der Waals surface area contributed by atoms with E-state index in [1.807, 2.05) is 0 Å². The van der Waals surface area contributed by atoms with E-state index in [1.54, 1.807) is 14.0 Å². The minimum Gasteiger partial charge on any atom is -0.391 e. The zero-order valence-electron chi connectivity index (χ0n) is 11.6. The topological polar surface area (TPSA) is 94.4 Å². The van der Waals surface area contributed by atoms with Crippen molar-refractivity contribution in [3.05, 3.63) is 11.7 Å². The van der Waals surface area contributed by atoms with Crippen molar-refractivity contribution in [3.8, 4) is 0 Å². The number of aliphatic hydroxyl groups is 1. The zero-order valence-corrected chi connectivity index (χ0v) is 11.6. The van der Waals surface area contributed by atoms with Crippen molar-refractivity contribution in [2.75, 3.05) is 7.11 Å². The number of ether oxygens (including phenoxy) is 1. The molecule has 1 aromatic rings. The van der Waals surface area contributed by atoms with E-state index in [-0.39, 0.29) is 5.89 Å². The Kier molecular flexibility index (Phi) is 4.54. The molecular weight excluding hydrogens is 246 g/mol. The van der Waals surface area contributed by atoms with Gasteiger partial charge in [-0.15, -0.1) is 0 Å². The molecule has 19 heavy (non-hydrogen) atoms. The van der Waals surface area contributed by atoms with Gasteiger partial charge >= 0.3 is 0 Å². The molecule has 3 N–H and O–H groups in total. The molecule has 0 bridgehead atoms. The second-order valence-electron chi connectivity index (χ2n) is 5.34. The number of nitrogens with zero attached hydrogens (tertiary/aromatic N) is 2. The molecule has 0 spiro atoms. The molecule has 0 aromatic carbocycles. The Labute approximate surface area is 113 Å². The van der Waals surface area contributed by atoms with Crippen LogP contribution in [-0.2, 0) is 10.3 Å². The Bertz CT molecular complexity index is 398. The van der Waals surface area contributed by atoms with Crippen LogP contribution in [0.3, 0.4) is 0 Å². The van der Waals surface area contributed by atoms with Gasteiger partial charge in [0.15, 0.2) is 0 Å². The molecule has 1 aliphatic rings. The summed E-state index contributed by atoms with van der Waals surface area (Å²) >= 11 is 0. The standard InChI is InChI=1S/C13H23N3O3/c1-9(17)10(14)11-15-12(16-19-11)13(18-2)7-5-3-4-6-8-13/h9-10,17H,3-8,14H2,1-2H3/t9-,10+/m1/s1. The Balaban J connectivity index is 2.23. The number of methoxy groups -OCH3 is 1. The molecule has 6 nitrogen and oxygen atoms in total. The average molecular weight is 269 g/mol. The van der Waals surface area contributed by atoms with Crippen molar-refractivity contribution < 1.29 is 14.4 Å². The molecule has 0 saturated heterocycles. The van der Waals surface area contributed by atoms with Gasteiger partial charge < -0.3 is 20.1 Å². The summed E-state index contributed by atoms with van der Waals surface area (Å²) in [7, 11) is 1.69. The maximum Gasteiger partial charge on any atom is 0.246 e. The van der Waals surface area contributed by atoms with Gasteiger partial charge in [-0.2, -0.15) is 4.98 Å². The predicted molar refractivity (Wildman–Crippen MR) is 69.3 cm³/mol. The lowest BCUT2D eigenvalue weighted by Crippen LogP contribution is -2.30. The molecule has 1 saturated carbocycles. The summed E-state index contributed by atoms with van der Waals surface area (Å²) in [4.78, 5) is 4.35. The molecule has 6 heteroatoms. The Hall–Kier alpha value is -0.980. The highest BCUT2D eigenvalue weighted by Gasteiger charge is 2.38. The van der Waals surface area contributed by atoms with Crippen molar-refractivity contribution in [1.82, 2.24) is 10.1 Å². The first kappa shape index (κ1) is 14.4. The van der Waals surface area contributed by atoms with Crippen molar-refractivity contribution in [2.24, 2.45) is 5.73 Å². The van der Waals surface area contributed by atoms with Crippen LogP contribution >= 0.6 is 0 Å². The van der Waals surface area contributed by atoms with Gasteiger partial charge in [0.1, 0.15) is 11.6 Å². The molecule has 0 amide bonds. The van der Waals surface area contributed by atoms with E-state index >= 15 is 0 Å². The van der Waals surface area contributed by atoms with E-state index in [2.05, 4.69) is 10.1 Å². The maximum absolute atomic E-state index is 9.48. The first-order valence-electron chi connectivity index (χ1n) is 6.92. The van der Waals surface area contributed by atoms with Gasteiger partial charge in [-0.05, 0) is 19.8 Å². The van der Waals surface area contributed by atoms with Crippen LogP contribution in [0.2, 0.25) is 0 Å². The smallest absolute Gasteiger partial charge is 0.246 e. The molecular formula is C13H23N3O3. The summed E-state index contributed by atoms with van der Waals surface area (Å²) in [6, 6.07) is -0.652. The van der Waals surface area contributed by atoms with Crippen LogP contribution in [0, 0.1) is 0 Å². The number of hydrogen-bond donors (Lipinski definition) is 2. The van der Waals surface area contributed by atoms with Crippen molar-refractivity contribution in [2.45, 2.75) is 63.2 Å². The number of aromatic nitrogens is 2. The van der Waals surface area contributed by atoms with Gasteiger partial charge in [0, 0.05) is 7.11 Å². The summed E-state index contributed by atoms with van der Waals surface area (Å²) in [5, 5.41) is 13.5. The Morgan fingerprint density at radius 3 is 2.47 bits per heavy atom. The van der Waals surface area contributed by atoms with Crippen molar-refractivity contribution in [1.29, 1.82) is 0 Å². The summed E-state index contributed by atoms with van der Waals surface area (Å²) in [6.07, 6.45) is 5.69. The largest absolute Gasteiger partial charge is 0.391 e. The van der Waals surface area contributed by atoms with Gasteiger partial charge in [0.05, 0.1) is 6.10 Å². The molecule has 0 aliphatic heterocycles. The molecule has 1 fully saturated rings. The minimum absolute atomic E-state index is 0.269. The normalized spacial score (nSPS) is 22.7. The number of hydrogen-bond acceptors (Lipinski definition) is 6. The van der Waals surface area contributed by atoms with E-state index < -0.39 is 17.7 Å². The van der Waals surface area contributed by atoms with E-state index in [0.29, 0.717) is 5.82 Å². The minimum atomic E-state index is -0.721. The van der Waals surface area contributed by atoms with E-state index in [9.17, 15) is 5.11 Å². The molecule has 1 aliphatic carbocycles. The summed E-state index contributed by atoms with van der Waals surface area (Å²) in [6.45, 7) is 1.60.